The van der Waals surface area contributed by atoms with Crippen molar-refractivity contribution in [3.63, 3.8) is 0 Å². The van der Waals surface area contributed by atoms with Gasteiger partial charge in [0, 0.05) is 5.69 Å². The van der Waals surface area contributed by atoms with Crippen LogP contribution in [-0.2, 0) is 4.79 Å². The summed E-state index contributed by atoms with van der Waals surface area (Å²) < 4.78 is 0. The zero-order valence-corrected chi connectivity index (χ0v) is 7.77. The fraction of sp³-hybridized carbons (Fsp3) is 0.222. The highest BCUT2D eigenvalue weighted by atomic mass is 32.1. The minimum atomic E-state index is -0.0763. The summed E-state index contributed by atoms with van der Waals surface area (Å²) in [6, 6.07) is 7.65. The van der Waals surface area contributed by atoms with Gasteiger partial charge >= 0.3 is 0 Å². The van der Waals surface area contributed by atoms with E-state index in [0.29, 0.717) is 0 Å². The molecule has 12 heavy (non-hydrogen) atoms. The van der Waals surface area contributed by atoms with Crippen LogP contribution in [0.2, 0.25) is 0 Å². The Morgan fingerprint density at radius 2 is 2.17 bits per heavy atom. The molecule has 1 amide bonds. The third kappa shape index (κ3) is 2.27. The lowest BCUT2D eigenvalue weighted by Gasteiger charge is -2.05. The summed E-state index contributed by atoms with van der Waals surface area (Å²) >= 11 is 3.87. The summed E-state index contributed by atoms with van der Waals surface area (Å²) in [5.74, 6) is 0.140. The third-order valence-corrected chi connectivity index (χ3v) is 1.85. The van der Waals surface area contributed by atoms with Crippen LogP contribution in [0.25, 0.3) is 0 Å². The zero-order chi connectivity index (χ0) is 8.97. The minimum Gasteiger partial charge on any atom is -0.325 e. The molecule has 0 atom stereocenters. The average molecular weight is 181 g/mol. The molecule has 1 aromatic carbocycles. The van der Waals surface area contributed by atoms with Gasteiger partial charge in [-0.25, -0.2) is 0 Å². The van der Waals surface area contributed by atoms with E-state index in [9.17, 15) is 4.79 Å². The monoisotopic (exact) mass is 181 g/mol. The molecule has 0 aliphatic carbocycles. The van der Waals surface area contributed by atoms with Crippen molar-refractivity contribution in [2.24, 2.45) is 0 Å². The van der Waals surface area contributed by atoms with Gasteiger partial charge in [-0.3, -0.25) is 4.79 Å². The number of aryl methyl sites for hydroxylation is 1. The molecule has 2 nitrogen and oxygen atoms in total. The molecule has 0 spiro atoms. The first-order valence-corrected chi connectivity index (χ1v) is 4.33. The van der Waals surface area contributed by atoms with Gasteiger partial charge in [-0.2, -0.15) is 12.6 Å². The van der Waals surface area contributed by atoms with E-state index >= 15 is 0 Å². The molecule has 1 rings (SSSR count). The number of thiol groups is 1. The number of para-hydroxylation sites is 1. The van der Waals surface area contributed by atoms with Crippen molar-refractivity contribution in [3.8, 4) is 0 Å². The Bertz CT molecular complexity index is 286. The van der Waals surface area contributed by atoms with Crippen LogP contribution in [0.4, 0.5) is 5.69 Å². The Morgan fingerprint density at radius 3 is 2.75 bits per heavy atom. The van der Waals surface area contributed by atoms with Crippen molar-refractivity contribution in [2.45, 2.75) is 6.92 Å². The maximum atomic E-state index is 10.9. The molecule has 0 unspecified atom stereocenters. The van der Waals surface area contributed by atoms with Gasteiger partial charge in [-0.05, 0) is 18.6 Å². The lowest BCUT2D eigenvalue weighted by atomic mass is 10.2. The van der Waals surface area contributed by atoms with E-state index in [1.807, 2.05) is 31.2 Å². The molecule has 0 aliphatic rings. The summed E-state index contributed by atoms with van der Waals surface area (Å²) in [4.78, 5) is 10.9. The molecule has 0 saturated carbocycles. The fourth-order valence-electron chi connectivity index (χ4n) is 0.903. The van der Waals surface area contributed by atoms with E-state index < -0.39 is 0 Å². The predicted molar refractivity (Wildman–Crippen MR) is 53.7 cm³/mol. The van der Waals surface area contributed by atoms with Gasteiger partial charge in [0.05, 0.1) is 5.75 Å². The lowest BCUT2D eigenvalue weighted by Crippen LogP contribution is -2.13. The second-order valence-electron chi connectivity index (χ2n) is 2.52. The van der Waals surface area contributed by atoms with Crippen molar-refractivity contribution in [3.05, 3.63) is 29.8 Å². The summed E-state index contributed by atoms with van der Waals surface area (Å²) in [5, 5.41) is 2.74. The highest BCUT2D eigenvalue weighted by molar-refractivity contribution is 7.81. The first kappa shape index (κ1) is 9.13. The Morgan fingerprint density at radius 1 is 1.50 bits per heavy atom. The zero-order valence-electron chi connectivity index (χ0n) is 6.87. The smallest absolute Gasteiger partial charge is 0.234 e. The van der Waals surface area contributed by atoms with E-state index in [1.54, 1.807) is 0 Å². The molecule has 0 aromatic heterocycles. The number of benzene rings is 1. The van der Waals surface area contributed by atoms with Crippen LogP contribution in [0.1, 0.15) is 5.56 Å². The number of rotatable bonds is 2. The molecule has 0 aliphatic heterocycles. The van der Waals surface area contributed by atoms with Crippen LogP contribution in [0.3, 0.4) is 0 Å². The average Bonchev–Trinajstić information content (AvgIpc) is 2.09. The van der Waals surface area contributed by atoms with Crippen LogP contribution in [0.15, 0.2) is 24.3 Å². The van der Waals surface area contributed by atoms with Gasteiger partial charge < -0.3 is 5.32 Å². The highest BCUT2D eigenvalue weighted by Crippen LogP contribution is 2.12. The van der Waals surface area contributed by atoms with Crippen LogP contribution in [0.5, 0.6) is 0 Å². The largest absolute Gasteiger partial charge is 0.325 e. The molecule has 0 radical (unpaired) electrons. The Hall–Kier alpha value is -0.960. The summed E-state index contributed by atoms with van der Waals surface area (Å²) in [6.45, 7) is 1.95. The van der Waals surface area contributed by atoms with Crippen molar-refractivity contribution in [1.29, 1.82) is 0 Å². The summed E-state index contributed by atoms with van der Waals surface area (Å²) in [6.07, 6.45) is 0. The van der Waals surface area contributed by atoms with Crippen LogP contribution >= 0.6 is 12.6 Å². The topological polar surface area (TPSA) is 29.1 Å². The van der Waals surface area contributed by atoms with E-state index in [-0.39, 0.29) is 11.7 Å². The van der Waals surface area contributed by atoms with Gasteiger partial charge in [-0.15, -0.1) is 0 Å². The lowest BCUT2D eigenvalue weighted by molar-refractivity contribution is -0.113. The number of nitrogens with one attached hydrogen (secondary N) is 1. The van der Waals surface area contributed by atoms with E-state index in [4.69, 9.17) is 0 Å². The summed E-state index contributed by atoms with van der Waals surface area (Å²) in [7, 11) is 0. The molecule has 0 fully saturated rings. The molecule has 1 aromatic rings. The standard InChI is InChI=1S/C9H11NOS/c1-7-4-2-3-5-8(7)10-9(11)6-12/h2-5,12H,6H2,1H3,(H,10,11). The van der Waals surface area contributed by atoms with Gasteiger partial charge in [0.1, 0.15) is 0 Å². The molecule has 0 bridgehead atoms. The van der Waals surface area contributed by atoms with Crippen molar-refractivity contribution in [1.82, 2.24) is 0 Å². The molecular weight excluding hydrogens is 170 g/mol. The Balaban J connectivity index is 2.75. The first-order chi connectivity index (χ1) is 5.74. The van der Waals surface area contributed by atoms with Crippen molar-refractivity contribution in [2.75, 3.05) is 11.1 Å². The number of carbonyl (C=O) groups excluding carboxylic acids is 1. The van der Waals surface area contributed by atoms with Crippen LogP contribution in [-0.4, -0.2) is 11.7 Å². The Labute approximate surface area is 77.4 Å². The van der Waals surface area contributed by atoms with Gasteiger partial charge in [0.2, 0.25) is 5.91 Å². The SMILES string of the molecule is Cc1ccccc1NC(=O)CS. The fourth-order valence-corrected chi connectivity index (χ4v) is 0.982. The minimum absolute atomic E-state index is 0.0763. The maximum Gasteiger partial charge on any atom is 0.234 e. The highest BCUT2D eigenvalue weighted by Gasteiger charge is 2.00. The van der Waals surface area contributed by atoms with E-state index in [1.165, 1.54) is 0 Å². The van der Waals surface area contributed by atoms with Gasteiger partial charge in [0.15, 0.2) is 0 Å². The van der Waals surface area contributed by atoms with Crippen LogP contribution < -0.4 is 5.32 Å². The van der Waals surface area contributed by atoms with E-state index in [2.05, 4.69) is 17.9 Å². The quantitative estimate of drug-likeness (QED) is 0.670. The summed E-state index contributed by atoms with van der Waals surface area (Å²) in [5.41, 5.74) is 1.92. The van der Waals surface area contributed by atoms with Crippen molar-refractivity contribution < 1.29 is 4.79 Å². The molecule has 64 valence electrons. The number of anilines is 1. The van der Waals surface area contributed by atoms with E-state index in [0.717, 1.165) is 11.3 Å². The number of hydrogen-bond acceptors (Lipinski definition) is 2. The van der Waals surface area contributed by atoms with Gasteiger partial charge in [-0.1, -0.05) is 18.2 Å². The second kappa shape index (κ2) is 4.16. The van der Waals surface area contributed by atoms with Crippen LogP contribution in [0, 0.1) is 6.92 Å². The number of carbonyl (C=O) groups is 1. The molecular formula is C9H11NOS. The molecule has 0 heterocycles. The van der Waals surface area contributed by atoms with Gasteiger partial charge in [0.25, 0.3) is 0 Å². The maximum absolute atomic E-state index is 10.9. The third-order valence-electron chi connectivity index (χ3n) is 1.56. The first-order valence-electron chi connectivity index (χ1n) is 3.70. The second-order valence-corrected chi connectivity index (χ2v) is 2.84. The molecule has 0 saturated heterocycles. The predicted octanol–water partition coefficient (Wildman–Crippen LogP) is 1.86. The number of hydrogen-bond donors (Lipinski definition) is 2. The number of amides is 1. The van der Waals surface area contributed by atoms with Crippen molar-refractivity contribution >= 4 is 24.2 Å². The Kier molecular flexibility index (Phi) is 3.17. The molecule has 1 N–H and O–H groups in total. The normalized spacial score (nSPS) is 9.50. The molecule has 3 heteroatoms.